The summed E-state index contributed by atoms with van der Waals surface area (Å²) in [6.45, 7) is 2.89. The van der Waals surface area contributed by atoms with Gasteiger partial charge in [-0.15, -0.1) is 0 Å². The van der Waals surface area contributed by atoms with Gasteiger partial charge in [-0.1, -0.05) is 24.1 Å². The third-order valence-electron chi connectivity index (χ3n) is 3.01. The van der Waals surface area contributed by atoms with Crippen LogP contribution in [0.3, 0.4) is 0 Å². The van der Waals surface area contributed by atoms with E-state index in [-0.39, 0.29) is 11.9 Å². The standard InChI is InChI=1S/C13H17ClN2O/c1-9-5-6-11(10(14)8-9)16-13(17)12-4-2-3-7-15-12/h5-6,8,12,15H,2-4,7H2,1H3,(H,16,17)/t12-/m1/s1. The molecule has 4 heteroatoms. The van der Waals surface area contributed by atoms with Gasteiger partial charge in [0.1, 0.15) is 0 Å². The van der Waals surface area contributed by atoms with Crippen molar-refractivity contribution in [1.82, 2.24) is 5.32 Å². The lowest BCUT2D eigenvalue weighted by atomic mass is 10.0. The van der Waals surface area contributed by atoms with Gasteiger partial charge in [-0.05, 0) is 44.0 Å². The summed E-state index contributed by atoms with van der Waals surface area (Å²) in [5, 5.41) is 6.68. The molecule has 1 amide bonds. The Morgan fingerprint density at radius 3 is 2.94 bits per heavy atom. The molecule has 3 nitrogen and oxygen atoms in total. The number of rotatable bonds is 2. The van der Waals surface area contributed by atoms with Crippen LogP contribution in [-0.2, 0) is 4.79 Å². The van der Waals surface area contributed by atoms with Crippen LogP contribution in [0.4, 0.5) is 5.69 Å². The van der Waals surface area contributed by atoms with Crippen molar-refractivity contribution in [3.8, 4) is 0 Å². The molecule has 0 aliphatic carbocycles. The highest BCUT2D eigenvalue weighted by Crippen LogP contribution is 2.23. The molecule has 1 aromatic carbocycles. The van der Waals surface area contributed by atoms with Crippen LogP contribution in [0.15, 0.2) is 18.2 Å². The molecule has 0 saturated carbocycles. The van der Waals surface area contributed by atoms with E-state index in [9.17, 15) is 4.79 Å². The number of carbonyl (C=O) groups is 1. The molecule has 0 unspecified atom stereocenters. The van der Waals surface area contributed by atoms with E-state index in [0.29, 0.717) is 10.7 Å². The molecule has 0 bridgehead atoms. The molecule has 1 aliphatic rings. The molecule has 92 valence electrons. The normalized spacial score (nSPS) is 20.0. The van der Waals surface area contributed by atoms with Crippen LogP contribution in [-0.4, -0.2) is 18.5 Å². The van der Waals surface area contributed by atoms with Gasteiger partial charge in [-0.25, -0.2) is 0 Å². The smallest absolute Gasteiger partial charge is 0.241 e. The average molecular weight is 253 g/mol. The molecule has 1 atom stereocenters. The molecule has 1 heterocycles. The zero-order valence-corrected chi connectivity index (χ0v) is 10.7. The van der Waals surface area contributed by atoms with Crippen molar-refractivity contribution in [3.05, 3.63) is 28.8 Å². The van der Waals surface area contributed by atoms with Gasteiger partial charge in [-0.2, -0.15) is 0 Å². The number of piperidine rings is 1. The first kappa shape index (κ1) is 12.4. The van der Waals surface area contributed by atoms with Gasteiger partial charge in [0.15, 0.2) is 0 Å². The van der Waals surface area contributed by atoms with E-state index in [1.165, 1.54) is 0 Å². The highest BCUT2D eigenvalue weighted by molar-refractivity contribution is 6.33. The Morgan fingerprint density at radius 1 is 1.47 bits per heavy atom. The fourth-order valence-electron chi connectivity index (χ4n) is 2.02. The molecule has 2 N–H and O–H groups in total. The molecule has 0 aromatic heterocycles. The number of amides is 1. The minimum Gasteiger partial charge on any atom is -0.323 e. The molecule has 1 fully saturated rings. The summed E-state index contributed by atoms with van der Waals surface area (Å²) >= 11 is 6.08. The SMILES string of the molecule is Cc1ccc(NC(=O)[C@H]2CCCCN2)c(Cl)c1. The summed E-state index contributed by atoms with van der Waals surface area (Å²) in [7, 11) is 0. The quantitative estimate of drug-likeness (QED) is 0.850. The molecular weight excluding hydrogens is 236 g/mol. The van der Waals surface area contributed by atoms with Crippen molar-refractivity contribution in [2.24, 2.45) is 0 Å². The van der Waals surface area contributed by atoms with Gasteiger partial charge in [0.25, 0.3) is 0 Å². The monoisotopic (exact) mass is 252 g/mol. The van der Waals surface area contributed by atoms with Crippen LogP contribution in [0.2, 0.25) is 5.02 Å². The Labute approximate surface area is 107 Å². The predicted molar refractivity (Wildman–Crippen MR) is 70.5 cm³/mol. The second kappa shape index (κ2) is 5.52. The van der Waals surface area contributed by atoms with Crippen molar-refractivity contribution in [2.75, 3.05) is 11.9 Å². The Balaban J connectivity index is 2.02. The Bertz CT molecular complexity index is 414. The predicted octanol–water partition coefficient (Wildman–Crippen LogP) is 2.73. The summed E-state index contributed by atoms with van der Waals surface area (Å²) in [5.41, 5.74) is 1.78. The molecule has 2 rings (SSSR count). The lowest BCUT2D eigenvalue weighted by Crippen LogP contribution is -2.43. The topological polar surface area (TPSA) is 41.1 Å². The van der Waals surface area contributed by atoms with Gasteiger partial charge in [0, 0.05) is 0 Å². The highest BCUT2D eigenvalue weighted by atomic mass is 35.5. The first-order valence-electron chi connectivity index (χ1n) is 5.97. The maximum atomic E-state index is 12.0. The molecule has 0 radical (unpaired) electrons. The average Bonchev–Trinajstić information content (AvgIpc) is 2.34. The number of aryl methyl sites for hydroxylation is 1. The molecular formula is C13H17ClN2O. The maximum Gasteiger partial charge on any atom is 0.241 e. The Kier molecular flexibility index (Phi) is 4.02. The number of hydrogen-bond acceptors (Lipinski definition) is 2. The van der Waals surface area contributed by atoms with Gasteiger partial charge in [0.2, 0.25) is 5.91 Å². The Morgan fingerprint density at radius 2 is 2.29 bits per heavy atom. The van der Waals surface area contributed by atoms with Crippen LogP contribution in [0.5, 0.6) is 0 Å². The Hall–Kier alpha value is -1.06. The van der Waals surface area contributed by atoms with E-state index in [1.807, 2.05) is 25.1 Å². The van der Waals surface area contributed by atoms with Gasteiger partial charge in [-0.3, -0.25) is 4.79 Å². The first-order chi connectivity index (χ1) is 8.16. The number of anilines is 1. The number of carbonyl (C=O) groups excluding carboxylic acids is 1. The zero-order valence-electron chi connectivity index (χ0n) is 9.92. The van der Waals surface area contributed by atoms with Crippen molar-refractivity contribution in [3.63, 3.8) is 0 Å². The molecule has 1 aliphatic heterocycles. The molecule has 0 spiro atoms. The molecule has 17 heavy (non-hydrogen) atoms. The second-order valence-electron chi connectivity index (χ2n) is 4.48. The third-order valence-corrected chi connectivity index (χ3v) is 3.32. The van der Waals surface area contributed by atoms with Crippen molar-refractivity contribution < 1.29 is 4.79 Å². The van der Waals surface area contributed by atoms with E-state index in [0.717, 1.165) is 31.4 Å². The van der Waals surface area contributed by atoms with Gasteiger partial charge in [0.05, 0.1) is 16.8 Å². The maximum absolute atomic E-state index is 12.0. The number of halogens is 1. The lowest BCUT2D eigenvalue weighted by molar-refractivity contribution is -0.118. The molecule has 1 aromatic rings. The van der Waals surface area contributed by atoms with Crippen LogP contribution in [0.1, 0.15) is 24.8 Å². The largest absolute Gasteiger partial charge is 0.323 e. The number of nitrogens with one attached hydrogen (secondary N) is 2. The van der Waals surface area contributed by atoms with Gasteiger partial charge < -0.3 is 10.6 Å². The summed E-state index contributed by atoms with van der Waals surface area (Å²) < 4.78 is 0. The fourth-order valence-corrected chi connectivity index (χ4v) is 2.30. The van der Waals surface area contributed by atoms with E-state index in [2.05, 4.69) is 10.6 Å². The number of benzene rings is 1. The van der Waals surface area contributed by atoms with Crippen molar-refractivity contribution >= 4 is 23.2 Å². The summed E-state index contributed by atoms with van der Waals surface area (Å²) in [6, 6.07) is 5.56. The van der Waals surface area contributed by atoms with E-state index < -0.39 is 0 Å². The second-order valence-corrected chi connectivity index (χ2v) is 4.88. The molecule has 1 saturated heterocycles. The summed E-state index contributed by atoms with van der Waals surface area (Å²) in [4.78, 5) is 12.0. The minimum atomic E-state index is -0.0823. The van der Waals surface area contributed by atoms with Gasteiger partial charge >= 0.3 is 0 Å². The lowest BCUT2D eigenvalue weighted by Gasteiger charge is -2.22. The highest BCUT2D eigenvalue weighted by Gasteiger charge is 2.20. The summed E-state index contributed by atoms with van der Waals surface area (Å²) in [5.74, 6) is 0.00968. The number of hydrogen-bond donors (Lipinski definition) is 2. The minimum absolute atomic E-state index is 0.00968. The van der Waals surface area contributed by atoms with E-state index >= 15 is 0 Å². The summed E-state index contributed by atoms with van der Waals surface area (Å²) in [6.07, 6.45) is 3.15. The van der Waals surface area contributed by atoms with Crippen LogP contribution in [0.25, 0.3) is 0 Å². The fraction of sp³-hybridized carbons (Fsp3) is 0.462. The van der Waals surface area contributed by atoms with Crippen molar-refractivity contribution in [1.29, 1.82) is 0 Å². The van der Waals surface area contributed by atoms with Crippen molar-refractivity contribution in [2.45, 2.75) is 32.2 Å². The third kappa shape index (κ3) is 3.20. The van der Waals surface area contributed by atoms with Crippen LogP contribution < -0.4 is 10.6 Å². The first-order valence-corrected chi connectivity index (χ1v) is 6.35. The van der Waals surface area contributed by atoms with Crippen LogP contribution >= 0.6 is 11.6 Å². The van der Waals surface area contributed by atoms with E-state index in [1.54, 1.807) is 0 Å². The zero-order chi connectivity index (χ0) is 12.3. The van der Waals surface area contributed by atoms with E-state index in [4.69, 9.17) is 11.6 Å². The van der Waals surface area contributed by atoms with Crippen LogP contribution in [0, 0.1) is 6.92 Å².